The van der Waals surface area contributed by atoms with E-state index < -0.39 is 10.0 Å². The van der Waals surface area contributed by atoms with Gasteiger partial charge in [-0.1, -0.05) is 11.8 Å². The molecule has 1 saturated carbocycles. The van der Waals surface area contributed by atoms with Gasteiger partial charge in [0.15, 0.2) is 0 Å². The second-order valence-electron chi connectivity index (χ2n) is 5.12. The highest BCUT2D eigenvalue weighted by molar-refractivity contribution is 7.89. The zero-order valence-electron chi connectivity index (χ0n) is 12.2. The van der Waals surface area contributed by atoms with E-state index in [9.17, 15) is 8.42 Å². The van der Waals surface area contributed by atoms with Crippen LogP contribution in [0.25, 0.3) is 0 Å². The quantitative estimate of drug-likeness (QED) is 0.798. The predicted molar refractivity (Wildman–Crippen MR) is 81.4 cm³/mol. The summed E-state index contributed by atoms with van der Waals surface area (Å²) in [5, 5.41) is 0. The number of hydrogen-bond donors (Lipinski definition) is 2. The van der Waals surface area contributed by atoms with Crippen LogP contribution in [-0.4, -0.2) is 28.1 Å². The largest absolute Gasteiger partial charge is 0.495 e. The van der Waals surface area contributed by atoms with Crippen molar-refractivity contribution in [3.8, 4) is 17.6 Å². The van der Waals surface area contributed by atoms with E-state index in [2.05, 4.69) is 16.6 Å². The molecule has 1 unspecified atom stereocenters. The monoisotopic (exact) mass is 308 g/mol. The number of rotatable bonds is 5. The van der Waals surface area contributed by atoms with Crippen molar-refractivity contribution in [3.63, 3.8) is 0 Å². The Hall–Kier alpha value is -1.55. The van der Waals surface area contributed by atoms with Gasteiger partial charge in [0.05, 0.1) is 13.7 Å². The van der Waals surface area contributed by atoms with E-state index in [-0.39, 0.29) is 17.5 Å². The normalized spacial score (nSPS) is 16.0. The molecule has 1 fully saturated rings. The Kier molecular flexibility index (Phi) is 4.88. The maximum Gasteiger partial charge on any atom is 0.244 e. The minimum atomic E-state index is -3.63. The molecule has 1 aliphatic carbocycles. The van der Waals surface area contributed by atoms with E-state index in [0.29, 0.717) is 17.2 Å². The summed E-state index contributed by atoms with van der Waals surface area (Å²) in [5.74, 6) is 6.29. The first kappa shape index (κ1) is 15.8. The second kappa shape index (κ2) is 6.48. The smallest absolute Gasteiger partial charge is 0.244 e. The van der Waals surface area contributed by atoms with Crippen LogP contribution in [0.1, 0.15) is 25.3 Å². The van der Waals surface area contributed by atoms with Crippen LogP contribution >= 0.6 is 0 Å². The first-order chi connectivity index (χ1) is 9.97. The number of nitrogens with one attached hydrogen (secondary N) is 1. The first-order valence-corrected chi connectivity index (χ1v) is 8.35. The molecule has 0 spiro atoms. The molecule has 0 heterocycles. The average Bonchev–Trinajstić information content (AvgIpc) is 3.29. The van der Waals surface area contributed by atoms with Crippen molar-refractivity contribution in [2.24, 2.45) is 11.7 Å². The maximum absolute atomic E-state index is 12.5. The number of ether oxygens (including phenoxy) is 1. The van der Waals surface area contributed by atoms with Crippen LogP contribution < -0.4 is 15.2 Å². The predicted octanol–water partition coefficient (Wildman–Crippen LogP) is 1.08. The molecule has 0 aliphatic heterocycles. The van der Waals surface area contributed by atoms with Gasteiger partial charge >= 0.3 is 0 Å². The third-order valence-electron chi connectivity index (χ3n) is 3.46. The molecule has 0 aromatic heterocycles. The van der Waals surface area contributed by atoms with Gasteiger partial charge in [-0.3, -0.25) is 0 Å². The Morgan fingerprint density at radius 1 is 1.48 bits per heavy atom. The molecule has 2 rings (SSSR count). The fraction of sp³-hybridized carbons (Fsp3) is 0.467. The lowest BCUT2D eigenvalue weighted by Crippen LogP contribution is -2.34. The van der Waals surface area contributed by atoms with Gasteiger partial charge in [0.1, 0.15) is 10.6 Å². The number of nitrogens with two attached hydrogens (primary N) is 1. The van der Waals surface area contributed by atoms with E-state index in [0.717, 1.165) is 12.8 Å². The van der Waals surface area contributed by atoms with Gasteiger partial charge in [-0.05, 0) is 43.9 Å². The Morgan fingerprint density at radius 2 is 2.19 bits per heavy atom. The summed E-state index contributed by atoms with van der Waals surface area (Å²) < 4.78 is 32.9. The van der Waals surface area contributed by atoms with Crippen LogP contribution in [0.5, 0.6) is 5.75 Å². The Morgan fingerprint density at radius 3 is 2.76 bits per heavy atom. The van der Waals surface area contributed by atoms with E-state index in [1.807, 2.05) is 6.92 Å². The molecule has 1 aromatic rings. The molecule has 1 aliphatic rings. The van der Waals surface area contributed by atoms with E-state index in [4.69, 9.17) is 10.5 Å². The van der Waals surface area contributed by atoms with Crippen molar-refractivity contribution in [2.45, 2.75) is 30.7 Å². The van der Waals surface area contributed by atoms with Gasteiger partial charge in [0.2, 0.25) is 10.0 Å². The highest BCUT2D eigenvalue weighted by Gasteiger charge is 2.32. The lowest BCUT2D eigenvalue weighted by molar-refractivity contribution is 0.401. The SMILES string of the molecule is COc1ccc(C#CCN)cc1S(=O)(=O)NC(C)C1CC1. The first-order valence-electron chi connectivity index (χ1n) is 6.87. The standard InChI is InChI=1S/C15H20N2O3S/c1-11(13-6-7-13)17-21(18,19)15-10-12(4-3-9-16)5-8-14(15)20-2/h5,8,10-11,13,17H,6-7,9,16H2,1-2H3. The van der Waals surface area contributed by atoms with Crippen molar-refractivity contribution >= 4 is 10.0 Å². The zero-order chi connectivity index (χ0) is 15.5. The van der Waals surface area contributed by atoms with Crippen molar-refractivity contribution < 1.29 is 13.2 Å². The van der Waals surface area contributed by atoms with Crippen LogP contribution in [0, 0.1) is 17.8 Å². The lowest BCUT2D eigenvalue weighted by atomic mass is 10.2. The molecule has 0 bridgehead atoms. The molecule has 5 nitrogen and oxygen atoms in total. The van der Waals surface area contributed by atoms with E-state index in [1.54, 1.807) is 12.1 Å². The summed E-state index contributed by atoms with van der Waals surface area (Å²) in [4.78, 5) is 0.112. The molecule has 21 heavy (non-hydrogen) atoms. The third kappa shape index (κ3) is 3.97. The molecule has 0 saturated heterocycles. The average molecular weight is 308 g/mol. The van der Waals surface area contributed by atoms with Crippen molar-refractivity contribution in [3.05, 3.63) is 23.8 Å². The summed E-state index contributed by atoms with van der Waals surface area (Å²) in [6.45, 7) is 2.12. The number of benzene rings is 1. The summed E-state index contributed by atoms with van der Waals surface area (Å²) in [6.07, 6.45) is 2.14. The Labute approximate surface area is 125 Å². The molecule has 0 amide bonds. The number of hydrogen-bond acceptors (Lipinski definition) is 4. The topological polar surface area (TPSA) is 81.4 Å². The summed E-state index contributed by atoms with van der Waals surface area (Å²) in [6, 6.07) is 4.77. The fourth-order valence-electron chi connectivity index (χ4n) is 2.12. The third-order valence-corrected chi connectivity index (χ3v) is 5.04. The number of sulfonamides is 1. The summed E-state index contributed by atoms with van der Waals surface area (Å²) in [5.41, 5.74) is 5.93. The van der Waals surface area contributed by atoms with Crippen molar-refractivity contribution in [1.29, 1.82) is 0 Å². The van der Waals surface area contributed by atoms with Crippen LogP contribution in [0.15, 0.2) is 23.1 Å². The molecule has 114 valence electrons. The highest BCUT2D eigenvalue weighted by atomic mass is 32.2. The summed E-state index contributed by atoms with van der Waals surface area (Å²) in [7, 11) is -2.18. The molecule has 0 radical (unpaired) electrons. The Balaban J connectivity index is 2.34. The second-order valence-corrected chi connectivity index (χ2v) is 6.80. The fourth-order valence-corrected chi connectivity index (χ4v) is 3.63. The number of methoxy groups -OCH3 is 1. The molecule has 3 N–H and O–H groups in total. The van der Waals surface area contributed by atoms with Gasteiger partial charge in [0, 0.05) is 11.6 Å². The van der Waals surface area contributed by atoms with Crippen molar-refractivity contribution in [2.75, 3.05) is 13.7 Å². The van der Waals surface area contributed by atoms with Crippen LogP contribution in [-0.2, 0) is 10.0 Å². The maximum atomic E-state index is 12.5. The molecule has 1 atom stereocenters. The molecular formula is C15H20N2O3S. The van der Waals surface area contributed by atoms with Gasteiger partial charge in [-0.25, -0.2) is 13.1 Å². The zero-order valence-corrected chi connectivity index (χ0v) is 13.0. The van der Waals surface area contributed by atoms with Gasteiger partial charge < -0.3 is 10.5 Å². The molecule has 1 aromatic carbocycles. The summed E-state index contributed by atoms with van der Waals surface area (Å²) >= 11 is 0. The van der Waals surface area contributed by atoms with E-state index >= 15 is 0 Å². The van der Waals surface area contributed by atoms with Gasteiger partial charge in [-0.15, -0.1) is 0 Å². The minimum Gasteiger partial charge on any atom is -0.495 e. The van der Waals surface area contributed by atoms with Gasteiger partial charge in [0.25, 0.3) is 0 Å². The van der Waals surface area contributed by atoms with Gasteiger partial charge in [-0.2, -0.15) is 0 Å². The van der Waals surface area contributed by atoms with E-state index in [1.165, 1.54) is 13.2 Å². The molecule has 6 heteroatoms. The highest BCUT2D eigenvalue weighted by Crippen LogP contribution is 2.33. The van der Waals surface area contributed by atoms with Crippen LogP contribution in [0.3, 0.4) is 0 Å². The van der Waals surface area contributed by atoms with Crippen LogP contribution in [0.4, 0.5) is 0 Å². The van der Waals surface area contributed by atoms with Crippen molar-refractivity contribution in [1.82, 2.24) is 4.72 Å². The van der Waals surface area contributed by atoms with Crippen LogP contribution in [0.2, 0.25) is 0 Å². The molecular weight excluding hydrogens is 288 g/mol. The Bertz CT molecular complexity index is 670. The minimum absolute atomic E-state index is 0.0708. The lowest BCUT2D eigenvalue weighted by Gasteiger charge is -2.15.